The van der Waals surface area contributed by atoms with Crippen LogP contribution in [-0.2, 0) is 13.1 Å². The van der Waals surface area contributed by atoms with Crippen LogP contribution in [0.5, 0.6) is 5.75 Å². The second-order valence-corrected chi connectivity index (χ2v) is 6.41. The van der Waals surface area contributed by atoms with E-state index in [4.69, 9.17) is 16.0 Å². The summed E-state index contributed by atoms with van der Waals surface area (Å²) in [5.41, 5.74) is 2.62. The van der Waals surface area contributed by atoms with Gasteiger partial charge < -0.3 is 9.52 Å². The second kappa shape index (κ2) is 6.67. The fraction of sp³-hybridized carbons (Fsp3) is 0.211. The summed E-state index contributed by atoms with van der Waals surface area (Å²) in [4.78, 5) is 14.0. The van der Waals surface area contributed by atoms with Crippen molar-refractivity contribution in [1.82, 2.24) is 4.90 Å². The molecule has 0 aliphatic carbocycles. The van der Waals surface area contributed by atoms with Crippen LogP contribution < -0.4 is 5.63 Å². The summed E-state index contributed by atoms with van der Waals surface area (Å²) < 4.78 is 5.28. The maximum Gasteiger partial charge on any atom is 0.336 e. The second-order valence-electron chi connectivity index (χ2n) is 5.98. The zero-order valence-corrected chi connectivity index (χ0v) is 14.3. The van der Waals surface area contributed by atoms with Gasteiger partial charge in [0.15, 0.2) is 0 Å². The smallest absolute Gasteiger partial charge is 0.336 e. The number of fused-ring (bicyclic) bond motifs is 1. The molecule has 4 nitrogen and oxygen atoms in total. The van der Waals surface area contributed by atoms with Gasteiger partial charge in [0.05, 0.1) is 0 Å². The first-order chi connectivity index (χ1) is 11.4. The molecule has 0 aliphatic rings. The fourth-order valence-electron chi connectivity index (χ4n) is 2.79. The maximum atomic E-state index is 11.9. The Hall–Kier alpha value is -2.30. The molecule has 0 fully saturated rings. The monoisotopic (exact) mass is 343 g/mol. The van der Waals surface area contributed by atoms with Gasteiger partial charge in [0.1, 0.15) is 11.3 Å². The van der Waals surface area contributed by atoms with Gasteiger partial charge in [-0.2, -0.15) is 0 Å². The SMILES string of the molecule is Cc1c(O)ccc2c(CN(C)Cc3ccc(Cl)cc3)cc(=O)oc12. The van der Waals surface area contributed by atoms with E-state index in [2.05, 4.69) is 4.90 Å². The highest BCUT2D eigenvalue weighted by Crippen LogP contribution is 2.28. The molecule has 0 amide bonds. The molecule has 0 radical (unpaired) electrons. The van der Waals surface area contributed by atoms with Crippen LogP contribution in [0.1, 0.15) is 16.7 Å². The van der Waals surface area contributed by atoms with Gasteiger partial charge in [-0.05, 0) is 49.4 Å². The van der Waals surface area contributed by atoms with Crippen molar-refractivity contribution in [3.05, 3.63) is 74.6 Å². The average Bonchev–Trinajstić information content (AvgIpc) is 2.53. The summed E-state index contributed by atoms with van der Waals surface area (Å²) >= 11 is 5.91. The molecule has 3 aromatic rings. The van der Waals surface area contributed by atoms with Crippen molar-refractivity contribution in [3.63, 3.8) is 0 Å². The zero-order valence-electron chi connectivity index (χ0n) is 13.5. The van der Waals surface area contributed by atoms with Crippen LogP contribution in [0.4, 0.5) is 0 Å². The standard InChI is InChI=1S/C19H18ClNO3/c1-12-17(22)8-7-16-14(9-18(23)24-19(12)16)11-21(2)10-13-3-5-15(20)6-4-13/h3-9,22H,10-11H2,1-2H3. The van der Waals surface area contributed by atoms with Crippen LogP contribution in [0.15, 0.2) is 51.7 Å². The van der Waals surface area contributed by atoms with Crippen LogP contribution in [0.25, 0.3) is 11.0 Å². The van der Waals surface area contributed by atoms with E-state index < -0.39 is 5.63 Å². The average molecular weight is 344 g/mol. The minimum atomic E-state index is -0.411. The van der Waals surface area contributed by atoms with Crippen LogP contribution in [0, 0.1) is 6.92 Å². The number of nitrogens with zero attached hydrogens (tertiary/aromatic N) is 1. The van der Waals surface area contributed by atoms with E-state index in [1.54, 1.807) is 19.1 Å². The third kappa shape index (κ3) is 3.45. The number of hydrogen-bond acceptors (Lipinski definition) is 4. The van der Waals surface area contributed by atoms with Crippen molar-refractivity contribution < 1.29 is 9.52 Å². The molecule has 1 N–H and O–H groups in total. The molecular weight excluding hydrogens is 326 g/mol. The number of aromatic hydroxyl groups is 1. The number of phenolic OH excluding ortho intramolecular Hbond substituents is 1. The summed E-state index contributed by atoms with van der Waals surface area (Å²) in [7, 11) is 1.99. The summed E-state index contributed by atoms with van der Waals surface area (Å²) in [6, 6.07) is 12.6. The van der Waals surface area contributed by atoms with Gasteiger partial charge in [-0.25, -0.2) is 4.79 Å². The van der Waals surface area contributed by atoms with Gasteiger partial charge in [-0.1, -0.05) is 23.7 Å². The molecule has 1 aromatic heterocycles. The molecule has 24 heavy (non-hydrogen) atoms. The van der Waals surface area contributed by atoms with E-state index in [9.17, 15) is 9.90 Å². The van der Waals surface area contributed by atoms with Gasteiger partial charge in [0.2, 0.25) is 0 Å². The highest BCUT2D eigenvalue weighted by molar-refractivity contribution is 6.30. The Kier molecular flexibility index (Phi) is 4.60. The molecule has 0 atom stereocenters. The molecule has 5 heteroatoms. The molecule has 0 spiro atoms. The Balaban J connectivity index is 1.90. The predicted octanol–water partition coefficient (Wildman–Crippen LogP) is 4.09. The Morgan fingerprint density at radius 3 is 2.54 bits per heavy atom. The molecular formula is C19H18ClNO3. The normalized spacial score (nSPS) is 11.3. The zero-order chi connectivity index (χ0) is 17.3. The van der Waals surface area contributed by atoms with Gasteiger partial charge in [-0.3, -0.25) is 4.90 Å². The first-order valence-electron chi connectivity index (χ1n) is 7.62. The lowest BCUT2D eigenvalue weighted by molar-refractivity contribution is 0.319. The van der Waals surface area contributed by atoms with Crippen molar-refractivity contribution >= 4 is 22.6 Å². The lowest BCUT2D eigenvalue weighted by Crippen LogP contribution is -2.18. The van der Waals surface area contributed by atoms with Crippen molar-refractivity contribution in [3.8, 4) is 5.75 Å². The molecule has 0 unspecified atom stereocenters. The molecule has 0 saturated heterocycles. The number of rotatable bonds is 4. The van der Waals surface area contributed by atoms with Gasteiger partial charge in [-0.15, -0.1) is 0 Å². The molecule has 1 heterocycles. The van der Waals surface area contributed by atoms with Crippen molar-refractivity contribution in [1.29, 1.82) is 0 Å². The Morgan fingerprint density at radius 2 is 1.83 bits per heavy atom. The highest BCUT2D eigenvalue weighted by atomic mass is 35.5. The Bertz CT molecular complexity index is 932. The minimum absolute atomic E-state index is 0.123. The van der Waals surface area contributed by atoms with Crippen molar-refractivity contribution in [2.75, 3.05) is 7.05 Å². The Labute approximate surface area is 144 Å². The number of phenols is 1. The van der Waals surface area contributed by atoms with Gasteiger partial charge >= 0.3 is 5.63 Å². The first kappa shape index (κ1) is 16.6. The fourth-order valence-corrected chi connectivity index (χ4v) is 2.92. The Morgan fingerprint density at radius 1 is 1.12 bits per heavy atom. The summed E-state index contributed by atoms with van der Waals surface area (Å²) in [5, 5.41) is 11.4. The quantitative estimate of drug-likeness (QED) is 0.725. The third-order valence-corrected chi connectivity index (χ3v) is 4.28. The van der Waals surface area contributed by atoms with E-state index in [0.717, 1.165) is 23.1 Å². The molecule has 124 valence electrons. The maximum absolute atomic E-state index is 11.9. The topological polar surface area (TPSA) is 53.7 Å². The van der Waals surface area contributed by atoms with E-state index in [1.807, 2.05) is 31.3 Å². The summed E-state index contributed by atoms with van der Waals surface area (Å²) in [5.74, 6) is 0.123. The number of benzene rings is 2. The van der Waals surface area contributed by atoms with Crippen LogP contribution in [0.3, 0.4) is 0 Å². The third-order valence-electron chi connectivity index (χ3n) is 4.02. The van der Waals surface area contributed by atoms with Crippen LogP contribution in [0.2, 0.25) is 5.02 Å². The predicted molar refractivity (Wildman–Crippen MR) is 95.5 cm³/mol. The minimum Gasteiger partial charge on any atom is -0.508 e. The van der Waals surface area contributed by atoms with Crippen molar-refractivity contribution in [2.45, 2.75) is 20.0 Å². The highest BCUT2D eigenvalue weighted by Gasteiger charge is 2.12. The molecule has 3 rings (SSSR count). The molecule has 0 aliphatic heterocycles. The van der Waals surface area contributed by atoms with E-state index in [1.165, 1.54) is 6.07 Å². The van der Waals surface area contributed by atoms with E-state index in [0.29, 0.717) is 22.7 Å². The van der Waals surface area contributed by atoms with Crippen LogP contribution in [-0.4, -0.2) is 17.1 Å². The summed E-state index contributed by atoms with van der Waals surface area (Å²) in [6.07, 6.45) is 0. The van der Waals surface area contributed by atoms with E-state index >= 15 is 0 Å². The van der Waals surface area contributed by atoms with Crippen molar-refractivity contribution in [2.24, 2.45) is 0 Å². The molecule has 0 bridgehead atoms. The molecule has 0 saturated carbocycles. The largest absolute Gasteiger partial charge is 0.508 e. The first-order valence-corrected chi connectivity index (χ1v) is 8.00. The van der Waals surface area contributed by atoms with Gasteiger partial charge in [0.25, 0.3) is 0 Å². The number of hydrogen-bond donors (Lipinski definition) is 1. The number of halogens is 1. The summed E-state index contributed by atoms with van der Waals surface area (Å²) in [6.45, 7) is 3.06. The van der Waals surface area contributed by atoms with Gasteiger partial charge in [0, 0.05) is 35.1 Å². The lowest BCUT2D eigenvalue weighted by Gasteiger charge is -2.18. The lowest BCUT2D eigenvalue weighted by atomic mass is 10.1. The molecule has 2 aromatic carbocycles. The number of aryl methyl sites for hydroxylation is 1. The van der Waals surface area contributed by atoms with Crippen LogP contribution >= 0.6 is 11.6 Å². The van der Waals surface area contributed by atoms with E-state index in [-0.39, 0.29) is 5.75 Å².